The first kappa shape index (κ1) is 16.4. The van der Waals surface area contributed by atoms with E-state index >= 15 is 0 Å². The van der Waals surface area contributed by atoms with E-state index in [1.807, 2.05) is 32.0 Å². The summed E-state index contributed by atoms with van der Waals surface area (Å²) in [5.74, 6) is 1.52. The van der Waals surface area contributed by atoms with Gasteiger partial charge in [-0.2, -0.15) is 0 Å². The highest BCUT2D eigenvalue weighted by Crippen LogP contribution is 2.25. The Hall–Kier alpha value is -1.94. The minimum atomic E-state index is -0.0107. The zero-order valence-electron chi connectivity index (χ0n) is 12.8. The third kappa shape index (κ3) is 4.81. The van der Waals surface area contributed by atoms with Gasteiger partial charge in [0, 0.05) is 11.4 Å². The van der Waals surface area contributed by atoms with Crippen LogP contribution in [0.3, 0.4) is 0 Å². The Morgan fingerprint density at radius 2 is 2.05 bits per heavy atom. The maximum absolute atomic E-state index is 11.7. The number of rotatable bonds is 7. The normalized spacial score (nSPS) is 10.5. The molecule has 1 aromatic heterocycles. The average molecular weight is 322 g/mol. The van der Waals surface area contributed by atoms with Crippen LogP contribution >= 0.6 is 11.6 Å². The molecule has 1 N–H and O–H groups in total. The van der Waals surface area contributed by atoms with Gasteiger partial charge in [-0.25, -0.2) is 0 Å². The van der Waals surface area contributed by atoms with Gasteiger partial charge in [0.05, 0.1) is 19.4 Å². The van der Waals surface area contributed by atoms with Crippen molar-refractivity contribution in [2.45, 2.75) is 33.2 Å². The second-order valence-electron chi connectivity index (χ2n) is 5.18. The molecule has 1 heterocycles. The predicted molar refractivity (Wildman–Crippen MR) is 86.2 cm³/mol. The van der Waals surface area contributed by atoms with E-state index in [9.17, 15) is 4.79 Å². The highest BCUT2D eigenvalue weighted by molar-refractivity contribution is 6.32. The number of halogens is 1. The number of amides is 1. The molecular formula is C17H20ClNO3. The molecule has 0 bridgehead atoms. The first-order valence-corrected chi connectivity index (χ1v) is 7.62. The van der Waals surface area contributed by atoms with Crippen LogP contribution in [-0.4, -0.2) is 12.5 Å². The Morgan fingerprint density at radius 1 is 1.32 bits per heavy atom. The van der Waals surface area contributed by atoms with Crippen LogP contribution in [0.2, 0.25) is 5.02 Å². The predicted octanol–water partition coefficient (Wildman–Crippen LogP) is 4.03. The molecule has 0 saturated carbocycles. The van der Waals surface area contributed by atoms with Crippen LogP contribution in [0.15, 0.2) is 34.9 Å². The maximum Gasteiger partial charge on any atom is 0.220 e. The number of nitrogens with one attached hydrogen (secondary N) is 1. The Kier molecular flexibility index (Phi) is 5.90. The van der Waals surface area contributed by atoms with Gasteiger partial charge in [-0.3, -0.25) is 4.79 Å². The van der Waals surface area contributed by atoms with E-state index in [0.717, 1.165) is 27.7 Å². The van der Waals surface area contributed by atoms with Crippen LogP contribution in [-0.2, 0) is 11.3 Å². The molecule has 2 aromatic rings. The fourth-order valence-electron chi connectivity index (χ4n) is 2.10. The number of hydrogen-bond donors (Lipinski definition) is 1. The van der Waals surface area contributed by atoms with E-state index in [1.54, 1.807) is 12.3 Å². The largest absolute Gasteiger partial charge is 0.494 e. The van der Waals surface area contributed by atoms with Gasteiger partial charge in [0.2, 0.25) is 5.91 Å². The van der Waals surface area contributed by atoms with Crippen molar-refractivity contribution < 1.29 is 13.9 Å². The molecule has 5 heteroatoms. The highest BCUT2D eigenvalue weighted by atomic mass is 35.5. The van der Waals surface area contributed by atoms with Gasteiger partial charge >= 0.3 is 0 Å². The molecule has 22 heavy (non-hydrogen) atoms. The zero-order chi connectivity index (χ0) is 15.9. The molecule has 0 saturated heterocycles. The minimum absolute atomic E-state index is 0.0107. The van der Waals surface area contributed by atoms with Crippen molar-refractivity contribution in [3.63, 3.8) is 0 Å². The summed E-state index contributed by atoms with van der Waals surface area (Å²) in [6.07, 6.45) is 2.67. The Labute approximate surface area is 135 Å². The van der Waals surface area contributed by atoms with Crippen LogP contribution in [0.4, 0.5) is 0 Å². The number of benzene rings is 1. The summed E-state index contributed by atoms with van der Waals surface area (Å²) in [5, 5.41) is 3.57. The quantitative estimate of drug-likeness (QED) is 0.783. The first-order valence-electron chi connectivity index (χ1n) is 7.25. The standard InChI is InChI=1S/C17H20ClNO3/c1-12-9-15(10-13(2)17(12)18)22-8-4-6-16(20)19-11-14-5-3-7-21-14/h3,5,7,9-10H,4,6,8,11H2,1-2H3,(H,19,20). The second kappa shape index (κ2) is 7.90. The molecular weight excluding hydrogens is 302 g/mol. The third-order valence-electron chi connectivity index (χ3n) is 3.27. The summed E-state index contributed by atoms with van der Waals surface area (Å²) in [6, 6.07) is 7.44. The van der Waals surface area contributed by atoms with Gasteiger partial charge in [-0.1, -0.05) is 11.6 Å². The van der Waals surface area contributed by atoms with Gasteiger partial charge in [0.15, 0.2) is 0 Å². The van der Waals surface area contributed by atoms with Crippen molar-refractivity contribution in [1.29, 1.82) is 0 Å². The number of aryl methyl sites for hydroxylation is 2. The highest BCUT2D eigenvalue weighted by Gasteiger charge is 2.05. The van der Waals surface area contributed by atoms with Crippen LogP contribution in [0.25, 0.3) is 0 Å². The number of hydrogen-bond acceptors (Lipinski definition) is 3. The van der Waals surface area contributed by atoms with Gasteiger partial charge in [-0.05, 0) is 55.7 Å². The summed E-state index contributed by atoms with van der Waals surface area (Å²) in [6.45, 7) is 4.81. The third-order valence-corrected chi connectivity index (χ3v) is 3.86. The van der Waals surface area contributed by atoms with Crippen LogP contribution in [0, 0.1) is 13.8 Å². The summed E-state index contributed by atoms with van der Waals surface area (Å²) < 4.78 is 10.8. The average Bonchev–Trinajstić information content (AvgIpc) is 3.00. The summed E-state index contributed by atoms with van der Waals surface area (Å²) >= 11 is 6.11. The second-order valence-corrected chi connectivity index (χ2v) is 5.56. The zero-order valence-corrected chi connectivity index (χ0v) is 13.6. The van der Waals surface area contributed by atoms with Crippen LogP contribution < -0.4 is 10.1 Å². The lowest BCUT2D eigenvalue weighted by molar-refractivity contribution is -0.121. The molecule has 118 valence electrons. The fraction of sp³-hybridized carbons (Fsp3) is 0.353. The summed E-state index contributed by atoms with van der Waals surface area (Å²) in [7, 11) is 0. The molecule has 1 aromatic carbocycles. The molecule has 0 fully saturated rings. The molecule has 0 aliphatic heterocycles. The van der Waals surface area contributed by atoms with Crippen molar-refractivity contribution in [3.05, 3.63) is 52.4 Å². The molecule has 0 aliphatic rings. The molecule has 0 aliphatic carbocycles. The Balaban J connectivity index is 1.67. The lowest BCUT2D eigenvalue weighted by Gasteiger charge is -2.10. The SMILES string of the molecule is Cc1cc(OCCCC(=O)NCc2ccco2)cc(C)c1Cl. The van der Waals surface area contributed by atoms with Crippen molar-refractivity contribution in [2.75, 3.05) is 6.61 Å². The number of carbonyl (C=O) groups is 1. The molecule has 4 nitrogen and oxygen atoms in total. The van der Waals surface area contributed by atoms with E-state index in [1.165, 1.54) is 0 Å². The van der Waals surface area contributed by atoms with Gasteiger partial charge in [-0.15, -0.1) is 0 Å². The first-order chi connectivity index (χ1) is 10.6. The van der Waals surface area contributed by atoms with E-state index in [4.69, 9.17) is 20.8 Å². The molecule has 1 amide bonds. The Morgan fingerprint density at radius 3 is 2.68 bits per heavy atom. The topological polar surface area (TPSA) is 51.5 Å². The molecule has 0 spiro atoms. The van der Waals surface area contributed by atoms with Crippen molar-refractivity contribution in [3.8, 4) is 5.75 Å². The molecule has 0 atom stereocenters. The lowest BCUT2D eigenvalue weighted by Crippen LogP contribution is -2.22. The van der Waals surface area contributed by atoms with E-state index in [2.05, 4.69) is 5.32 Å². The number of furan rings is 1. The van der Waals surface area contributed by atoms with Crippen LogP contribution in [0.1, 0.15) is 29.7 Å². The fourth-order valence-corrected chi connectivity index (χ4v) is 2.21. The molecule has 0 unspecified atom stereocenters. The summed E-state index contributed by atoms with van der Waals surface area (Å²) in [5.41, 5.74) is 1.99. The van der Waals surface area contributed by atoms with Gasteiger partial charge < -0.3 is 14.5 Å². The van der Waals surface area contributed by atoms with Crippen LogP contribution in [0.5, 0.6) is 5.75 Å². The van der Waals surface area contributed by atoms with Crippen molar-refractivity contribution in [1.82, 2.24) is 5.32 Å². The smallest absolute Gasteiger partial charge is 0.220 e. The van der Waals surface area contributed by atoms with Gasteiger partial charge in [0.25, 0.3) is 0 Å². The Bertz CT molecular complexity index is 600. The van der Waals surface area contributed by atoms with Crippen molar-refractivity contribution in [2.24, 2.45) is 0 Å². The monoisotopic (exact) mass is 321 g/mol. The number of carbonyl (C=O) groups excluding carboxylic acids is 1. The van der Waals surface area contributed by atoms with E-state index < -0.39 is 0 Å². The van der Waals surface area contributed by atoms with Gasteiger partial charge in [0.1, 0.15) is 11.5 Å². The lowest BCUT2D eigenvalue weighted by atomic mass is 10.1. The number of ether oxygens (including phenoxy) is 1. The van der Waals surface area contributed by atoms with E-state index in [-0.39, 0.29) is 5.91 Å². The van der Waals surface area contributed by atoms with Crippen molar-refractivity contribution >= 4 is 17.5 Å². The summed E-state index contributed by atoms with van der Waals surface area (Å²) in [4.78, 5) is 11.7. The molecule has 2 rings (SSSR count). The maximum atomic E-state index is 11.7. The molecule has 0 radical (unpaired) electrons. The van der Waals surface area contributed by atoms with E-state index in [0.29, 0.717) is 26.0 Å². The minimum Gasteiger partial charge on any atom is -0.494 e.